The fourth-order valence-corrected chi connectivity index (χ4v) is 3.93. The summed E-state index contributed by atoms with van der Waals surface area (Å²) in [6.07, 6.45) is 4.18. The monoisotopic (exact) mass is 252 g/mol. The second kappa shape index (κ2) is 5.50. The number of fused-ring (bicyclic) bond motifs is 2. The summed E-state index contributed by atoms with van der Waals surface area (Å²) in [6, 6.07) is 0.834. The maximum absolute atomic E-state index is 2.84. The van der Waals surface area contributed by atoms with Gasteiger partial charge in [-0.05, 0) is 44.6 Å². The van der Waals surface area contributed by atoms with E-state index >= 15 is 0 Å². The number of hydrogen-bond acceptors (Lipinski definition) is 2. The van der Waals surface area contributed by atoms with Crippen LogP contribution < -0.4 is 0 Å². The summed E-state index contributed by atoms with van der Waals surface area (Å²) in [5.74, 6) is 1.64. The Balaban J connectivity index is 1.96. The van der Waals surface area contributed by atoms with Crippen LogP contribution in [0.1, 0.15) is 53.9 Å². The number of hydrogen-bond donors (Lipinski definition) is 0. The molecule has 0 unspecified atom stereocenters. The molecule has 0 N–H and O–H groups in total. The largest absolute Gasteiger partial charge is 0.300 e. The fourth-order valence-electron chi connectivity index (χ4n) is 3.93. The van der Waals surface area contributed by atoms with E-state index in [1.165, 1.54) is 45.4 Å². The Bertz CT molecular complexity index is 274. The van der Waals surface area contributed by atoms with Gasteiger partial charge in [-0.25, -0.2) is 0 Å². The number of likely N-dealkylation sites (tertiary alicyclic amines) is 1. The molecule has 106 valence electrons. The first-order chi connectivity index (χ1) is 8.40. The van der Waals surface area contributed by atoms with Gasteiger partial charge in [-0.1, -0.05) is 27.7 Å². The molecule has 2 saturated heterocycles. The minimum absolute atomic E-state index is 0.465. The lowest BCUT2D eigenvalue weighted by Crippen LogP contribution is -2.60. The summed E-state index contributed by atoms with van der Waals surface area (Å²) in [5.41, 5.74) is 0.465. The van der Waals surface area contributed by atoms with E-state index in [1.54, 1.807) is 0 Å². The second-order valence-corrected chi connectivity index (χ2v) is 7.65. The lowest BCUT2D eigenvalue weighted by atomic mass is 9.96. The van der Waals surface area contributed by atoms with Gasteiger partial charge in [0.25, 0.3) is 0 Å². The molecule has 0 radical (unpaired) electrons. The molecule has 2 heterocycles. The first-order valence-corrected chi connectivity index (χ1v) is 7.90. The number of rotatable bonds is 5. The zero-order valence-corrected chi connectivity index (χ0v) is 13.1. The average molecular weight is 252 g/mol. The van der Waals surface area contributed by atoms with Gasteiger partial charge in [0.2, 0.25) is 0 Å². The van der Waals surface area contributed by atoms with Crippen molar-refractivity contribution >= 4 is 0 Å². The minimum Gasteiger partial charge on any atom is -0.300 e. The van der Waals surface area contributed by atoms with Crippen molar-refractivity contribution in [1.82, 2.24) is 9.80 Å². The lowest BCUT2D eigenvalue weighted by Gasteiger charge is -2.48. The maximum atomic E-state index is 2.84. The molecule has 0 aromatic heterocycles. The van der Waals surface area contributed by atoms with Gasteiger partial charge >= 0.3 is 0 Å². The van der Waals surface area contributed by atoms with Crippen LogP contribution in [-0.2, 0) is 0 Å². The maximum Gasteiger partial charge on any atom is 0.0312 e. The van der Waals surface area contributed by atoms with Crippen LogP contribution in [0.25, 0.3) is 0 Å². The van der Waals surface area contributed by atoms with Gasteiger partial charge in [0.05, 0.1) is 0 Å². The smallest absolute Gasteiger partial charge is 0.0312 e. The third-order valence-corrected chi connectivity index (χ3v) is 4.75. The van der Waals surface area contributed by atoms with Crippen LogP contribution in [0.3, 0.4) is 0 Å². The van der Waals surface area contributed by atoms with E-state index in [1.807, 2.05) is 0 Å². The Morgan fingerprint density at radius 3 is 2.44 bits per heavy atom. The van der Waals surface area contributed by atoms with Gasteiger partial charge < -0.3 is 0 Å². The zero-order chi connectivity index (χ0) is 13.3. The van der Waals surface area contributed by atoms with Gasteiger partial charge in [0.15, 0.2) is 0 Å². The van der Waals surface area contributed by atoms with Crippen molar-refractivity contribution in [3.63, 3.8) is 0 Å². The van der Waals surface area contributed by atoms with Gasteiger partial charge in [-0.2, -0.15) is 0 Å². The number of nitrogens with zero attached hydrogens (tertiary/aromatic N) is 2. The van der Waals surface area contributed by atoms with Crippen molar-refractivity contribution in [1.29, 1.82) is 0 Å². The summed E-state index contributed by atoms with van der Waals surface area (Å²) in [7, 11) is 0. The zero-order valence-electron chi connectivity index (χ0n) is 13.1. The standard InChI is InChI=1S/C16H32N2/c1-13(2)7-9-18-15-6-8-16(18,5)12-17(11-15)10-14(3)4/h13-15H,6-12H2,1-5H3/t15-,16+/m1/s1. The first kappa shape index (κ1) is 14.3. The van der Waals surface area contributed by atoms with Gasteiger partial charge in [0, 0.05) is 31.2 Å². The molecule has 2 aliphatic heterocycles. The van der Waals surface area contributed by atoms with E-state index in [-0.39, 0.29) is 0 Å². The third-order valence-electron chi connectivity index (χ3n) is 4.75. The van der Waals surface area contributed by atoms with Crippen LogP contribution in [0.15, 0.2) is 0 Å². The van der Waals surface area contributed by atoms with Crippen molar-refractivity contribution in [2.45, 2.75) is 65.5 Å². The van der Waals surface area contributed by atoms with Gasteiger partial charge in [-0.15, -0.1) is 0 Å². The van der Waals surface area contributed by atoms with Crippen molar-refractivity contribution in [2.24, 2.45) is 11.8 Å². The van der Waals surface area contributed by atoms with Crippen molar-refractivity contribution in [3.05, 3.63) is 0 Å². The molecule has 0 aliphatic carbocycles. The molecule has 0 spiro atoms. The van der Waals surface area contributed by atoms with E-state index in [0.29, 0.717) is 5.54 Å². The minimum atomic E-state index is 0.465. The average Bonchev–Trinajstić information content (AvgIpc) is 2.41. The summed E-state index contributed by atoms with van der Waals surface area (Å²) >= 11 is 0. The molecule has 2 nitrogen and oxygen atoms in total. The SMILES string of the molecule is CC(C)CCN1[C@@H]2CC[C@@]1(C)CN(CC(C)C)C2. The molecule has 2 rings (SSSR count). The lowest BCUT2D eigenvalue weighted by molar-refractivity contribution is 0.00338. The Morgan fingerprint density at radius 2 is 1.89 bits per heavy atom. The molecule has 2 fully saturated rings. The highest BCUT2D eigenvalue weighted by Crippen LogP contribution is 2.39. The Labute approximate surface area is 114 Å². The molecule has 0 aromatic rings. The molecular weight excluding hydrogens is 220 g/mol. The summed E-state index contributed by atoms with van der Waals surface area (Å²) in [5, 5.41) is 0. The fraction of sp³-hybridized carbons (Fsp3) is 1.00. The summed E-state index contributed by atoms with van der Waals surface area (Å²) in [6.45, 7) is 17.1. The van der Waals surface area contributed by atoms with Crippen LogP contribution in [0.4, 0.5) is 0 Å². The van der Waals surface area contributed by atoms with Crippen molar-refractivity contribution in [2.75, 3.05) is 26.2 Å². The molecule has 0 aromatic carbocycles. The van der Waals surface area contributed by atoms with E-state index in [9.17, 15) is 0 Å². The van der Waals surface area contributed by atoms with Crippen LogP contribution in [-0.4, -0.2) is 47.6 Å². The van der Waals surface area contributed by atoms with Crippen molar-refractivity contribution < 1.29 is 0 Å². The third kappa shape index (κ3) is 3.08. The Kier molecular flexibility index (Phi) is 4.38. The van der Waals surface area contributed by atoms with Crippen LogP contribution >= 0.6 is 0 Å². The highest BCUT2D eigenvalue weighted by Gasteiger charge is 2.47. The van der Waals surface area contributed by atoms with Gasteiger partial charge in [-0.3, -0.25) is 9.80 Å². The Morgan fingerprint density at radius 1 is 1.17 bits per heavy atom. The van der Waals surface area contributed by atoms with E-state index < -0.39 is 0 Å². The number of piperazine rings is 1. The highest BCUT2D eigenvalue weighted by molar-refractivity contribution is 5.04. The van der Waals surface area contributed by atoms with E-state index in [2.05, 4.69) is 44.4 Å². The highest BCUT2D eigenvalue weighted by atomic mass is 15.3. The topological polar surface area (TPSA) is 6.48 Å². The molecule has 2 atom stereocenters. The van der Waals surface area contributed by atoms with Gasteiger partial charge in [0.1, 0.15) is 0 Å². The van der Waals surface area contributed by atoms with Crippen LogP contribution in [0, 0.1) is 11.8 Å². The molecule has 2 bridgehead atoms. The molecule has 2 aliphatic rings. The normalized spacial score (nSPS) is 33.8. The summed E-state index contributed by atoms with van der Waals surface area (Å²) in [4.78, 5) is 5.55. The Hall–Kier alpha value is -0.0800. The molecule has 18 heavy (non-hydrogen) atoms. The molecular formula is C16H32N2. The van der Waals surface area contributed by atoms with Crippen LogP contribution in [0.2, 0.25) is 0 Å². The first-order valence-electron chi connectivity index (χ1n) is 7.90. The van der Waals surface area contributed by atoms with Crippen LogP contribution in [0.5, 0.6) is 0 Å². The second-order valence-electron chi connectivity index (χ2n) is 7.65. The predicted molar refractivity (Wildman–Crippen MR) is 78.9 cm³/mol. The summed E-state index contributed by atoms with van der Waals surface area (Å²) < 4.78 is 0. The molecule has 2 heteroatoms. The van der Waals surface area contributed by atoms with Crippen molar-refractivity contribution in [3.8, 4) is 0 Å². The molecule has 0 amide bonds. The predicted octanol–water partition coefficient (Wildman–Crippen LogP) is 3.23. The quantitative estimate of drug-likeness (QED) is 0.741. The van der Waals surface area contributed by atoms with E-state index in [0.717, 1.165) is 17.9 Å². The molecule has 0 saturated carbocycles. The van der Waals surface area contributed by atoms with E-state index in [4.69, 9.17) is 0 Å².